The van der Waals surface area contributed by atoms with Crippen LogP contribution in [-0.2, 0) is 22.5 Å². The SMILES string of the molecule is CC(=O)N1CCc2nc(N3CCC(Oc4ccc(F)cc4F)CC3)c(-c3cnn(C4COC4)c3)nc2C1. The lowest BCUT2D eigenvalue weighted by Crippen LogP contribution is -2.40. The number of rotatable bonds is 5. The molecule has 0 spiro atoms. The second-order valence-corrected chi connectivity index (χ2v) is 9.76. The van der Waals surface area contributed by atoms with E-state index in [0.29, 0.717) is 58.7 Å². The molecule has 0 aliphatic carbocycles. The van der Waals surface area contributed by atoms with Crippen LogP contribution in [0.4, 0.5) is 14.6 Å². The van der Waals surface area contributed by atoms with Crippen molar-refractivity contribution in [3.8, 4) is 17.0 Å². The van der Waals surface area contributed by atoms with Crippen molar-refractivity contribution in [2.24, 2.45) is 0 Å². The van der Waals surface area contributed by atoms with Crippen molar-refractivity contribution in [2.75, 3.05) is 37.7 Å². The number of hydrogen-bond donors (Lipinski definition) is 0. The van der Waals surface area contributed by atoms with Crippen LogP contribution in [0.1, 0.15) is 37.2 Å². The fourth-order valence-electron chi connectivity index (χ4n) is 4.98. The molecule has 0 atom stereocenters. The van der Waals surface area contributed by atoms with Gasteiger partial charge in [-0.3, -0.25) is 9.48 Å². The summed E-state index contributed by atoms with van der Waals surface area (Å²) in [6.07, 6.45) is 5.56. The number of benzene rings is 1. The zero-order valence-electron chi connectivity index (χ0n) is 20.6. The van der Waals surface area contributed by atoms with E-state index in [2.05, 4.69) is 10.00 Å². The van der Waals surface area contributed by atoms with Gasteiger partial charge in [0.1, 0.15) is 17.6 Å². The molecule has 3 aliphatic rings. The average molecular weight is 511 g/mol. The lowest BCUT2D eigenvalue weighted by atomic mass is 10.1. The monoisotopic (exact) mass is 510 g/mol. The molecule has 0 radical (unpaired) electrons. The number of aromatic nitrogens is 4. The van der Waals surface area contributed by atoms with Crippen molar-refractivity contribution in [2.45, 2.75) is 44.9 Å². The number of piperidine rings is 1. The number of hydrogen-bond acceptors (Lipinski definition) is 7. The molecule has 6 rings (SSSR count). The Bertz CT molecular complexity index is 1320. The minimum absolute atomic E-state index is 0.0237. The Labute approximate surface area is 213 Å². The predicted molar refractivity (Wildman–Crippen MR) is 130 cm³/mol. The highest BCUT2D eigenvalue weighted by molar-refractivity contribution is 5.74. The van der Waals surface area contributed by atoms with Crippen LogP contribution >= 0.6 is 0 Å². The summed E-state index contributed by atoms with van der Waals surface area (Å²) in [5, 5.41) is 4.53. The van der Waals surface area contributed by atoms with Crippen LogP contribution in [0.2, 0.25) is 0 Å². The van der Waals surface area contributed by atoms with Gasteiger partial charge in [-0.15, -0.1) is 0 Å². The fraction of sp³-hybridized carbons (Fsp3) is 0.462. The molecular formula is C26H28F2N6O3. The third-order valence-corrected chi connectivity index (χ3v) is 7.24. The lowest BCUT2D eigenvalue weighted by molar-refractivity contribution is -0.129. The Morgan fingerprint density at radius 3 is 2.62 bits per heavy atom. The number of ether oxygens (including phenoxy) is 2. The second-order valence-electron chi connectivity index (χ2n) is 9.76. The van der Waals surface area contributed by atoms with E-state index in [1.807, 2.05) is 10.9 Å². The first-order valence-electron chi connectivity index (χ1n) is 12.6. The third-order valence-electron chi connectivity index (χ3n) is 7.24. The van der Waals surface area contributed by atoms with Gasteiger partial charge in [-0.1, -0.05) is 0 Å². The Morgan fingerprint density at radius 2 is 1.92 bits per heavy atom. The van der Waals surface area contributed by atoms with Gasteiger partial charge in [-0.05, 0) is 12.1 Å². The molecule has 1 aromatic carbocycles. The molecule has 194 valence electrons. The highest BCUT2D eigenvalue weighted by atomic mass is 19.1. The first-order chi connectivity index (χ1) is 17.9. The van der Waals surface area contributed by atoms with Crippen LogP contribution in [0.3, 0.4) is 0 Å². The van der Waals surface area contributed by atoms with E-state index in [0.717, 1.165) is 34.5 Å². The quantitative estimate of drug-likeness (QED) is 0.521. The molecule has 1 amide bonds. The molecule has 3 aromatic rings. The Hall–Kier alpha value is -3.60. The van der Waals surface area contributed by atoms with Crippen molar-refractivity contribution in [3.63, 3.8) is 0 Å². The van der Waals surface area contributed by atoms with Crippen LogP contribution < -0.4 is 9.64 Å². The molecule has 11 heteroatoms. The second kappa shape index (κ2) is 9.70. The topological polar surface area (TPSA) is 85.6 Å². The lowest BCUT2D eigenvalue weighted by Gasteiger charge is -2.35. The molecule has 0 N–H and O–H groups in total. The summed E-state index contributed by atoms with van der Waals surface area (Å²) in [6.45, 7) is 5.21. The molecule has 2 fully saturated rings. The van der Waals surface area contributed by atoms with E-state index in [4.69, 9.17) is 19.4 Å². The number of nitrogens with zero attached hydrogens (tertiary/aromatic N) is 6. The van der Waals surface area contributed by atoms with Gasteiger partial charge in [0.15, 0.2) is 17.4 Å². The number of anilines is 1. The number of halogens is 2. The van der Waals surface area contributed by atoms with E-state index in [1.54, 1.807) is 18.0 Å². The molecule has 3 aliphatic heterocycles. The molecule has 0 bridgehead atoms. The van der Waals surface area contributed by atoms with E-state index < -0.39 is 11.6 Å². The van der Waals surface area contributed by atoms with Crippen LogP contribution in [0.25, 0.3) is 11.3 Å². The standard InChI is InChI=1S/C26H28F2N6O3/c1-16(35)33-9-6-22-23(13-33)30-25(17-11-29-34(12-17)19-14-36-15-19)26(31-22)32-7-4-20(5-8-32)37-24-3-2-18(27)10-21(24)28/h2-3,10-12,19-20H,4-9,13-15H2,1H3. The maximum Gasteiger partial charge on any atom is 0.219 e. The van der Waals surface area contributed by atoms with Gasteiger partial charge in [0.25, 0.3) is 0 Å². The number of amides is 1. The summed E-state index contributed by atoms with van der Waals surface area (Å²) in [5.74, 6) is -0.450. The summed E-state index contributed by atoms with van der Waals surface area (Å²) in [7, 11) is 0. The zero-order chi connectivity index (χ0) is 25.5. The van der Waals surface area contributed by atoms with Crippen LogP contribution in [-0.4, -0.2) is 69.5 Å². The first-order valence-corrected chi connectivity index (χ1v) is 12.6. The Balaban J connectivity index is 1.26. The van der Waals surface area contributed by atoms with E-state index in [1.165, 1.54) is 12.1 Å². The van der Waals surface area contributed by atoms with Crippen molar-refractivity contribution in [1.82, 2.24) is 24.6 Å². The average Bonchev–Trinajstić information content (AvgIpc) is 3.33. The zero-order valence-corrected chi connectivity index (χ0v) is 20.6. The van der Waals surface area contributed by atoms with Gasteiger partial charge in [-0.25, -0.2) is 18.7 Å². The van der Waals surface area contributed by atoms with Crippen LogP contribution in [0.5, 0.6) is 5.75 Å². The molecular weight excluding hydrogens is 482 g/mol. The van der Waals surface area contributed by atoms with Crippen molar-refractivity contribution in [1.29, 1.82) is 0 Å². The molecule has 37 heavy (non-hydrogen) atoms. The summed E-state index contributed by atoms with van der Waals surface area (Å²) in [6, 6.07) is 3.59. The number of carbonyl (C=O) groups excluding carboxylic acids is 1. The fourth-order valence-corrected chi connectivity index (χ4v) is 4.98. The Kier molecular flexibility index (Phi) is 6.23. The van der Waals surface area contributed by atoms with Crippen LogP contribution in [0, 0.1) is 11.6 Å². The van der Waals surface area contributed by atoms with E-state index in [-0.39, 0.29) is 23.8 Å². The predicted octanol–water partition coefficient (Wildman–Crippen LogP) is 3.14. The number of carbonyl (C=O) groups is 1. The van der Waals surface area contributed by atoms with Crippen molar-refractivity contribution < 1.29 is 23.0 Å². The van der Waals surface area contributed by atoms with Crippen LogP contribution in [0.15, 0.2) is 30.6 Å². The molecule has 5 heterocycles. The third kappa shape index (κ3) is 4.75. The maximum absolute atomic E-state index is 14.1. The normalized spacial score (nSPS) is 18.5. The largest absolute Gasteiger partial charge is 0.487 e. The smallest absolute Gasteiger partial charge is 0.219 e. The molecule has 2 saturated heterocycles. The summed E-state index contributed by atoms with van der Waals surface area (Å²) in [4.78, 5) is 26.0. The van der Waals surface area contributed by atoms with Crippen molar-refractivity contribution >= 4 is 11.7 Å². The highest BCUT2D eigenvalue weighted by Crippen LogP contribution is 2.33. The highest BCUT2D eigenvalue weighted by Gasteiger charge is 2.30. The minimum Gasteiger partial charge on any atom is -0.487 e. The van der Waals surface area contributed by atoms with Gasteiger partial charge < -0.3 is 19.3 Å². The summed E-state index contributed by atoms with van der Waals surface area (Å²) < 4.78 is 40.4. The van der Waals surface area contributed by atoms with Gasteiger partial charge in [0.2, 0.25) is 5.91 Å². The first kappa shape index (κ1) is 23.8. The number of fused-ring (bicyclic) bond motifs is 1. The maximum atomic E-state index is 14.1. The summed E-state index contributed by atoms with van der Waals surface area (Å²) >= 11 is 0. The van der Waals surface area contributed by atoms with E-state index in [9.17, 15) is 13.6 Å². The Morgan fingerprint density at radius 1 is 1.11 bits per heavy atom. The molecule has 2 aromatic heterocycles. The van der Waals surface area contributed by atoms with Gasteiger partial charge in [-0.2, -0.15) is 5.10 Å². The van der Waals surface area contributed by atoms with Gasteiger partial charge in [0.05, 0.1) is 43.4 Å². The van der Waals surface area contributed by atoms with Crippen molar-refractivity contribution in [3.05, 3.63) is 53.6 Å². The summed E-state index contributed by atoms with van der Waals surface area (Å²) in [5.41, 5.74) is 3.32. The minimum atomic E-state index is -0.696. The van der Waals surface area contributed by atoms with E-state index >= 15 is 0 Å². The van der Waals surface area contributed by atoms with Gasteiger partial charge in [0, 0.05) is 63.6 Å². The molecule has 9 nitrogen and oxygen atoms in total. The molecule has 0 saturated carbocycles. The van der Waals surface area contributed by atoms with Gasteiger partial charge >= 0.3 is 0 Å². The molecule has 0 unspecified atom stereocenters.